The zero-order valence-electron chi connectivity index (χ0n) is 11.6. The van der Waals surface area contributed by atoms with Crippen LogP contribution in [0.1, 0.15) is 15.2 Å². The van der Waals surface area contributed by atoms with Gasteiger partial charge in [0.15, 0.2) is 16.9 Å². The van der Waals surface area contributed by atoms with Crippen LogP contribution < -0.4 is 10.1 Å². The molecule has 4 nitrogen and oxygen atoms in total. The Hall–Kier alpha value is -1.77. The van der Waals surface area contributed by atoms with Crippen molar-refractivity contribution in [3.63, 3.8) is 0 Å². The molecule has 0 fully saturated rings. The molecule has 0 aliphatic carbocycles. The van der Waals surface area contributed by atoms with Gasteiger partial charge in [-0.1, -0.05) is 23.2 Å². The number of amides is 1. The van der Waals surface area contributed by atoms with Crippen LogP contribution >= 0.6 is 34.5 Å². The second-order valence-electron chi connectivity index (χ2n) is 4.37. The van der Waals surface area contributed by atoms with Crippen molar-refractivity contribution in [1.29, 1.82) is 0 Å². The lowest BCUT2D eigenvalue weighted by molar-refractivity contribution is -0.137. The van der Waals surface area contributed by atoms with E-state index in [-0.39, 0.29) is 22.1 Å². The van der Waals surface area contributed by atoms with Crippen LogP contribution in [0.4, 0.5) is 18.9 Å². The summed E-state index contributed by atoms with van der Waals surface area (Å²) in [6, 6.07) is 3.99. The third-order valence-electron chi connectivity index (χ3n) is 2.75. The minimum atomic E-state index is -4.62. The molecule has 0 aliphatic rings. The van der Waals surface area contributed by atoms with E-state index in [4.69, 9.17) is 27.9 Å². The fourth-order valence-electron chi connectivity index (χ4n) is 1.68. The molecule has 1 aromatic heterocycles. The number of rotatable bonds is 5. The molecule has 0 saturated carbocycles. The number of carbonyl (C=O) groups is 2. The second-order valence-corrected chi connectivity index (χ2v) is 6.41. The summed E-state index contributed by atoms with van der Waals surface area (Å²) in [6.07, 6.45) is -4.06. The highest BCUT2D eigenvalue weighted by atomic mass is 35.5. The molecule has 0 unspecified atom stereocenters. The molecule has 0 spiro atoms. The van der Waals surface area contributed by atoms with Gasteiger partial charge < -0.3 is 10.1 Å². The van der Waals surface area contributed by atoms with Gasteiger partial charge in [-0.15, -0.1) is 11.3 Å². The van der Waals surface area contributed by atoms with Gasteiger partial charge in [-0.05, 0) is 29.6 Å². The minimum absolute atomic E-state index is 0.0909. The molecule has 0 bridgehead atoms. The number of aldehydes is 1. The van der Waals surface area contributed by atoms with Crippen molar-refractivity contribution in [1.82, 2.24) is 0 Å². The highest BCUT2D eigenvalue weighted by molar-refractivity contribution is 7.12. The standard InChI is InChI=1S/C14H8Cl2F3NO3S/c15-12(16)13(22)20-8-5-7(14(17,18)19)1-2-9(8)23-10-3-4-24-11(10)6-21/h1-6,12H,(H,20,22). The van der Waals surface area contributed by atoms with Crippen molar-refractivity contribution >= 4 is 52.4 Å². The maximum Gasteiger partial charge on any atom is 0.416 e. The monoisotopic (exact) mass is 397 g/mol. The van der Waals surface area contributed by atoms with E-state index in [1.165, 1.54) is 6.07 Å². The molecule has 2 rings (SSSR count). The lowest BCUT2D eigenvalue weighted by atomic mass is 10.1. The maximum absolute atomic E-state index is 12.8. The smallest absolute Gasteiger partial charge is 0.416 e. The fourth-order valence-corrected chi connectivity index (χ4v) is 2.41. The van der Waals surface area contributed by atoms with Gasteiger partial charge in [0, 0.05) is 0 Å². The van der Waals surface area contributed by atoms with Crippen LogP contribution in [-0.4, -0.2) is 17.0 Å². The van der Waals surface area contributed by atoms with Gasteiger partial charge in [0.1, 0.15) is 10.6 Å². The summed E-state index contributed by atoms with van der Waals surface area (Å²) in [7, 11) is 0. The van der Waals surface area contributed by atoms with E-state index in [9.17, 15) is 22.8 Å². The number of thiophene rings is 1. The first kappa shape index (κ1) is 18.6. The van der Waals surface area contributed by atoms with Gasteiger partial charge in [0.25, 0.3) is 5.91 Å². The van der Waals surface area contributed by atoms with Gasteiger partial charge in [-0.2, -0.15) is 13.2 Å². The van der Waals surface area contributed by atoms with Crippen LogP contribution in [0.25, 0.3) is 0 Å². The zero-order chi connectivity index (χ0) is 17.9. The number of hydrogen-bond acceptors (Lipinski definition) is 4. The molecule has 0 atom stereocenters. The van der Waals surface area contributed by atoms with E-state index in [0.29, 0.717) is 12.4 Å². The van der Waals surface area contributed by atoms with Crippen molar-refractivity contribution in [3.8, 4) is 11.5 Å². The van der Waals surface area contributed by atoms with Gasteiger partial charge in [-0.25, -0.2) is 0 Å². The number of halogens is 5. The van der Waals surface area contributed by atoms with Crippen LogP contribution in [0, 0.1) is 0 Å². The fraction of sp³-hybridized carbons (Fsp3) is 0.143. The maximum atomic E-state index is 12.8. The lowest BCUT2D eigenvalue weighted by Crippen LogP contribution is -2.19. The van der Waals surface area contributed by atoms with E-state index in [1.54, 1.807) is 5.38 Å². The predicted molar refractivity (Wildman–Crippen MR) is 85.3 cm³/mol. The van der Waals surface area contributed by atoms with Crippen LogP contribution in [-0.2, 0) is 11.0 Å². The number of nitrogens with one attached hydrogen (secondary N) is 1. The molecular formula is C14H8Cl2F3NO3S. The van der Waals surface area contributed by atoms with Gasteiger partial charge >= 0.3 is 6.18 Å². The van der Waals surface area contributed by atoms with Crippen LogP contribution in [0.15, 0.2) is 29.6 Å². The van der Waals surface area contributed by atoms with Crippen LogP contribution in [0.3, 0.4) is 0 Å². The van der Waals surface area contributed by atoms with E-state index in [0.717, 1.165) is 23.5 Å². The number of benzene rings is 1. The number of ether oxygens (including phenoxy) is 1. The highest BCUT2D eigenvalue weighted by Gasteiger charge is 2.31. The molecule has 0 radical (unpaired) electrons. The van der Waals surface area contributed by atoms with Crippen molar-refractivity contribution < 1.29 is 27.5 Å². The van der Waals surface area contributed by atoms with Crippen LogP contribution in [0.2, 0.25) is 0 Å². The quantitative estimate of drug-likeness (QED) is 0.562. The number of anilines is 1. The summed E-state index contributed by atoms with van der Waals surface area (Å²) >= 11 is 11.9. The van der Waals surface area contributed by atoms with Crippen molar-refractivity contribution in [2.24, 2.45) is 0 Å². The molecule has 1 aromatic carbocycles. The Morgan fingerprint density at radius 1 is 1.25 bits per heavy atom. The Morgan fingerprint density at radius 2 is 1.96 bits per heavy atom. The number of hydrogen-bond donors (Lipinski definition) is 1. The molecule has 24 heavy (non-hydrogen) atoms. The van der Waals surface area contributed by atoms with E-state index in [1.807, 2.05) is 0 Å². The topological polar surface area (TPSA) is 55.4 Å². The normalized spacial score (nSPS) is 11.4. The molecule has 128 valence electrons. The summed E-state index contributed by atoms with van der Waals surface area (Å²) in [5, 5.41) is 3.74. The Morgan fingerprint density at radius 3 is 2.54 bits per heavy atom. The van der Waals surface area contributed by atoms with Gasteiger partial charge in [0.2, 0.25) is 0 Å². The molecule has 10 heteroatoms. The van der Waals surface area contributed by atoms with Crippen molar-refractivity contribution in [2.45, 2.75) is 11.0 Å². The Kier molecular flexibility index (Phi) is 5.74. The molecule has 0 saturated heterocycles. The number of carbonyl (C=O) groups excluding carboxylic acids is 2. The SMILES string of the molecule is O=Cc1sccc1Oc1ccc(C(F)(F)F)cc1NC(=O)C(Cl)Cl. The Balaban J connectivity index is 2.42. The second kappa shape index (κ2) is 7.42. The van der Waals surface area contributed by atoms with Crippen molar-refractivity contribution in [2.75, 3.05) is 5.32 Å². The first-order valence-corrected chi connectivity index (χ1v) is 7.98. The van der Waals surface area contributed by atoms with E-state index >= 15 is 0 Å². The largest absolute Gasteiger partial charge is 0.454 e. The molecule has 1 N–H and O–H groups in total. The van der Waals surface area contributed by atoms with E-state index in [2.05, 4.69) is 5.32 Å². The first-order chi connectivity index (χ1) is 11.2. The lowest BCUT2D eigenvalue weighted by Gasteiger charge is -2.15. The van der Waals surface area contributed by atoms with Crippen molar-refractivity contribution in [3.05, 3.63) is 40.1 Å². The minimum Gasteiger partial charge on any atom is -0.454 e. The molecule has 2 aromatic rings. The predicted octanol–water partition coefficient (Wildman–Crippen LogP) is 5.11. The Labute approximate surface area is 148 Å². The third kappa shape index (κ3) is 4.40. The Bertz CT molecular complexity index is 762. The summed E-state index contributed by atoms with van der Waals surface area (Å²) in [5.41, 5.74) is -1.27. The molecule has 1 amide bonds. The molecular weight excluding hydrogens is 390 g/mol. The van der Waals surface area contributed by atoms with Gasteiger partial charge in [-0.3, -0.25) is 9.59 Å². The summed E-state index contributed by atoms with van der Waals surface area (Å²) < 4.78 is 44.0. The third-order valence-corrected chi connectivity index (χ3v) is 3.97. The van der Waals surface area contributed by atoms with E-state index < -0.39 is 22.5 Å². The van der Waals surface area contributed by atoms with Crippen LogP contribution in [0.5, 0.6) is 11.5 Å². The summed E-state index contributed by atoms with van der Waals surface area (Å²) in [6.45, 7) is 0. The number of alkyl halides is 5. The van der Waals surface area contributed by atoms with Gasteiger partial charge in [0.05, 0.1) is 11.3 Å². The molecule has 0 aliphatic heterocycles. The average Bonchev–Trinajstić information content (AvgIpc) is 2.94. The zero-order valence-corrected chi connectivity index (χ0v) is 13.9. The highest BCUT2D eigenvalue weighted by Crippen LogP contribution is 2.38. The summed E-state index contributed by atoms with van der Waals surface area (Å²) in [4.78, 5) is 21.3. The summed E-state index contributed by atoms with van der Waals surface area (Å²) in [5.74, 6) is -0.853. The average molecular weight is 398 g/mol. The molecule has 1 heterocycles. The first-order valence-electron chi connectivity index (χ1n) is 6.23.